The van der Waals surface area contributed by atoms with Gasteiger partial charge in [-0.15, -0.1) is 24.8 Å². The lowest BCUT2D eigenvalue weighted by atomic mass is 9.94. The molecule has 3 fully saturated rings. The van der Waals surface area contributed by atoms with E-state index in [1.54, 1.807) is 0 Å². The van der Waals surface area contributed by atoms with E-state index in [1.807, 2.05) is 0 Å². The third-order valence-electron chi connectivity index (χ3n) is 5.15. The fraction of sp³-hybridized carbons (Fsp3) is 0.938. The predicted octanol–water partition coefficient (Wildman–Crippen LogP) is 1.54. The molecule has 3 heterocycles. The van der Waals surface area contributed by atoms with Crippen molar-refractivity contribution in [1.29, 1.82) is 0 Å². The highest BCUT2D eigenvalue weighted by Crippen LogP contribution is 2.21. The number of morpholine rings is 1. The number of amides is 1. The molecule has 0 aromatic carbocycles. The molecule has 0 aromatic rings. The normalized spacial score (nSPS) is 27.0. The summed E-state index contributed by atoms with van der Waals surface area (Å²) in [6, 6.07) is 0.0922. The van der Waals surface area contributed by atoms with Crippen LogP contribution in [-0.4, -0.2) is 74.2 Å². The molecular weight excluding hydrogens is 337 g/mol. The van der Waals surface area contributed by atoms with E-state index >= 15 is 0 Å². The van der Waals surface area contributed by atoms with E-state index in [4.69, 9.17) is 4.74 Å². The molecule has 23 heavy (non-hydrogen) atoms. The summed E-state index contributed by atoms with van der Waals surface area (Å²) in [5.41, 5.74) is 0. The number of likely N-dealkylation sites (tertiary alicyclic amines) is 1. The zero-order chi connectivity index (χ0) is 14.5. The van der Waals surface area contributed by atoms with E-state index < -0.39 is 0 Å². The highest BCUT2D eigenvalue weighted by Gasteiger charge is 2.29. The molecule has 0 aromatic heterocycles. The van der Waals surface area contributed by atoms with Crippen LogP contribution in [0.4, 0.5) is 0 Å². The van der Waals surface area contributed by atoms with Gasteiger partial charge in [0.2, 0.25) is 5.91 Å². The fourth-order valence-electron chi connectivity index (χ4n) is 3.77. The smallest absolute Gasteiger partial charge is 0.239 e. The maximum atomic E-state index is 12.5. The molecule has 1 atom stereocenters. The van der Waals surface area contributed by atoms with Gasteiger partial charge in [0.25, 0.3) is 0 Å². The van der Waals surface area contributed by atoms with Crippen LogP contribution in [0.25, 0.3) is 0 Å². The Bertz CT molecular complexity index is 340. The van der Waals surface area contributed by atoms with Gasteiger partial charge in [-0.3, -0.25) is 9.69 Å². The average Bonchev–Trinajstić information content (AvgIpc) is 2.57. The molecule has 3 rings (SSSR count). The first kappa shape index (κ1) is 21.0. The van der Waals surface area contributed by atoms with E-state index in [1.165, 1.54) is 19.4 Å². The third kappa shape index (κ3) is 6.05. The largest absolute Gasteiger partial charge is 0.379 e. The lowest BCUT2D eigenvalue weighted by molar-refractivity contribution is -0.135. The van der Waals surface area contributed by atoms with E-state index in [0.717, 1.165) is 71.1 Å². The Kier molecular flexibility index (Phi) is 9.78. The number of hydrogen-bond donors (Lipinski definition) is 1. The maximum Gasteiger partial charge on any atom is 0.239 e. The predicted molar refractivity (Wildman–Crippen MR) is 96.7 cm³/mol. The lowest BCUT2D eigenvalue weighted by Gasteiger charge is -2.37. The summed E-state index contributed by atoms with van der Waals surface area (Å²) in [6.07, 6.45) is 5.75. The van der Waals surface area contributed by atoms with Gasteiger partial charge in [0.05, 0.1) is 19.3 Å². The Morgan fingerprint density at radius 3 is 2.30 bits per heavy atom. The number of rotatable bonds is 3. The van der Waals surface area contributed by atoms with Crippen LogP contribution in [0.3, 0.4) is 0 Å². The molecule has 0 unspecified atom stereocenters. The van der Waals surface area contributed by atoms with Crippen molar-refractivity contribution in [3.63, 3.8) is 0 Å². The summed E-state index contributed by atoms with van der Waals surface area (Å²) in [4.78, 5) is 17.1. The summed E-state index contributed by atoms with van der Waals surface area (Å²) in [6.45, 7) is 8.00. The topological polar surface area (TPSA) is 44.8 Å². The minimum atomic E-state index is 0. The van der Waals surface area contributed by atoms with E-state index in [-0.39, 0.29) is 30.9 Å². The number of ether oxygens (including phenoxy) is 1. The molecule has 5 nitrogen and oxygen atoms in total. The van der Waals surface area contributed by atoms with Gasteiger partial charge in [-0.2, -0.15) is 0 Å². The highest BCUT2D eigenvalue weighted by atomic mass is 35.5. The summed E-state index contributed by atoms with van der Waals surface area (Å²) in [5, 5.41) is 3.38. The molecule has 3 aliphatic rings. The summed E-state index contributed by atoms with van der Waals surface area (Å²) >= 11 is 0. The van der Waals surface area contributed by atoms with Crippen LogP contribution >= 0.6 is 24.8 Å². The van der Waals surface area contributed by atoms with Crippen LogP contribution in [0.15, 0.2) is 0 Å². The number of nitrogens with one attached hydrogen (secondary N) is 1. The monoisotopic (exact) mass is 367 g/mol. The second-order valence-corrected chi connectivity index (χ2v) is 6.68. The number of carbonyl (C=O) groups is 1. The summed E-state index contributed by atoms with van der Waals surface area (Å²) < 4.78 is 5.40. The van der Waals surface area contributed by atoms with Gasteiger partial charge in [-0.05, 0) is 38.1 Å². The van der Waals surface area contributed by atoms with Gasteiger partial charge in [-0.25, -0.2) is 0 Å². The van der Waals surface area contributed by atoms with Gasteiger partial charge < -0.3 is 15.0 Å². The molecule has 0 bridgehead atoms. The molecule has 0 spiro atoms. The standard InChI is InChI=1S/C16H29N3O2.2ClH/c20-16(15-3-1-2-6-17-15)19-7-4-14(5-8-19)13-18-9-11-21-12-10-18;;/h14-15,17H,1-13H2;2*1H/t15-;;/m1../s1. The van der Waals surface area contributed by atoms with Crippen LogP contribution in [0, 0.1) is 5.92 Å². The van der Waals surface area contributed by atoms with Gasteiger partial charge >= 0.3 is 0 Å². The van der Waals surface area contributed by atoms with Crippen LogP contribution in [-0.2, 0) is 9.53 Å². The fourth-order valence-corrected chi connectivity index (χ4v) is 3.77. The summed E-state index contributed by atoms with van der Waals surface area (Å²) in [5.74, 6) is 1.10. The molecule has 7 heteroatoms. The van der Waals surface area contributed by atoms with Crippen LogP contribution in [0.5, 0.6) is 0 Å². The van der Waals surface area contributed by atoms with Crippen molar-refractivity contribution in [2.75, 3.05) is 52.5 Å². The van der Waals surface area contributed by atoms with Gasteiger partial charge in [0.15, 0.2) is 0 Å². The first-order valence-electron chi connectivity index (χ1n) is 8.65. The van der Waals surface area contributed by atoms with Gasteiger partial charge in [0.1, 0.15) is 0 Å². The van der Waals surface area contributed by atoms with E-state index in [9.17, 15) is 4.79 Å². The first-order valence-corrected chi connectivity index (χ1v) is 8.65. The SMILES string of the molecule is Cl.Cl.O=C([C@H]1CCCCN1)N1CCC(CN2CCOCC2)CC1. The number of hydrogen-bond acceptors (Lipinski definition) is 4. The Morgan fingerprint density at radius 2 is 1.70 bits per heavy atom. The molecule has 3 aliphatic heterocycles. The molecule has 136 valence electrons. The average molecular weight is 368 g/mol. The Morgan fingerprint density at radius 1 is 1.00 bits per heavy atom. The molecule has 3 saturated heterocycles. The van der Waals surface area contributed by atoms with Crippen molar-refractivity contribution in [3.05, 3.63) is 0 Å². The third-order valence-corrected chi connectivity index (χ3v) is 5.15. The van der Waals surface area contributed by atoms with E-state index in [0.29, 0.717) is 5.91 Å². The maximum absolute atomic E-state index is 12.5. The van der Waals surface area contributed by atoms with Crippen LogP contribution in [0.1, 0.15) is 32.1 Å². The molecule has 1 N–H and O–H groups in total. The van der Waals surface area contributed by atoms with Crippen molar-refractivity contribution in [3.8, 4) is 0 Å². The molecule has 1 amide bonds. The molecule has 0 saturated carbocycles. The van der Waals surface area contributed by atoms with Gasteiger partial charge in [-0.1, -0.05) is 6.42 Å². The second kappa shape index (κ2) is 10.7. The second-order valence-electron chi connectivity index (χ2n) is 6.68. The van der Waals surface area contributed by atoms with Crippen molar-refractivity contribution in [2.24, 2.45) is 5.92 Å². The molecule has 0 radical (unpaired) electrons. The molecular formula is C16H31Cl2N3O2. The van der Waals surface area contributed by atoms with Gasteiger partial charge in [0, 0.05) is 32.7 Å². The first-order chi connectivity index (χ1) is 10.3. The van der Waals surface area contributed by atoms with Crippen molar-refractivity contribution < 1.29 is 9.53 Å². The zero-order valence-electron chi connectivity index (χ0n) is 13.9. The Labute approximate surface area is 152 Å². The lowest BCUT2D eigenvalue weighted by Crippen LogP contribution is -2.51. The zero-order valence-corrected chi connectivity index (χ0v) is 15.5. The van der Waals surface area contributed by atoms with E-state index in [2.05, 4.69) is 15.1 Å². The minimum absolute atomic E-state index is 0. The van der Waals surface area contributed by atoms with Crippen LogP contribution < -0.4 is 5.32 Å². The number of halogens is 2. The number of nitrogens with zero attached hydrogens (tertiary/aromatic N) is 2. The number of carbonyl (C=O) groups excluding carboxylic acids is 1. The summed E-state index contributed by atoms with van der Waals surface area (Å²) in [7, 11) is 0. The Hall–Kier alpha value is -0.0700. The van der Waals surface area contributed by atoms with Crippen LogP contribution in [0.2, 0.25) is 0 Å². The Balaban J connectivity index is 0.00000132. The van der Waals surface area contributed by atoms with Crippen molar-refractivity contribution >= 4 is 30.7 Å². The molecule has 0 aliphatic carbocycles. The quantitative estimate of drug-likeness (QED) is 0.821. The number of piperidine rings is 2. The van der Waals surface area contributed by atoms with Crippen molar-refractivity contribution in [1.82, 2.24) is 15.1 Å². The highest BCUT2D eigenvalue weighted by molar-refractivity contribution is 5.85. The minimum Gasteiger partial charge on any atom is -0.379 e. The van der Waals surface area contributed by atoms with Crippen molar-refractivity contribution in [2.45, 2.75) is 38.1 Å².